The average molecular weight is 367 g/mol. The van der Waals surface area contributed by atoms with Crippen LogP contribution < -0.4 is 10.0 Å². The zero-order valence-corrected chi connectivity index (χ0v) is 13.6. The topological polar surface area (TPSA) is 89.9 Å². The lowest BCUT2D eigenvalue weighted by molar-refractivity contribution is -0.605. The molecule has 2 aromatic rings. The second kappa shape index (κ2) is 4.95. The summed E-state index contributed by atoms with van der Waals surface area (Å²) in [6.07, 6.45) is -0.555. The van der Waals surface area contributed by atoms with Crippen molar-refractivity contribution < 1.29 is 23.0 Å². The second-order valence-electron chi connectivity index (χ2n) is 7.37. The molecule has 7 nitrogen and oxygen atoms in total. The zero-order chi connectivity index (χ0) is 18.3. The highest BCUT2D eigenvalue weighted by molar-refractivity contribution is 5.44. The van der Waals surface area contributed by atoms with Crippen LogP contribution in [0, 0.1) is 11.1 Å². The predicted molar refractivity (Wildman–Crippen MR) is 81.0 cm³/mol. The molecule has 3 aliphatic rings. The largest absolute Gasteiger partial charge is 0.619 e. The third-order valence-electron chi connectivity index (χ3n) is 5.64. The first-order chi connectivity index (χ1) is 12.3. The van der Waals surface area contributed by atoms with Crippen LogP contribution in [-0.4, -0.2) is 31.6 Å². The Morgan fingerprint density at radius 1 is 1.42 bits per heavy atom. The van der Waals surface area contributed by atoms with E-state index >= 15 is 0 Å². The molecule has 0 radical (unpaired) electrons. The first kappa shape index (κ1) is 16.0. The van der Waals surface area contributed by atoms with E-state index in [9.17, 15) is 23.5 Å². The molecule has 0 aromatic carbocycles. The number of hydrogen-bond donors (Lipinski definition) is 2. The maximum Gasteiger partial charge on any atom is 0.406 e. The van der Waals surface area contributed by atoms with Gasteiger partial charge >= 0.3 is 6.18 Å². The molecule has 3 aliphatic carbocycles. The van der Waals surface area contributed by atoms with E-state index in [1.807, 2.05) is 0 Å². The molecule has 3 atom stereocenters. The van der Waals surface area contributed by atoms with E-state index in [1.54, 1.807) is 0 Å². The summed E-state index contributed by atoms with van der Waals surface area (Å²) in [4.78, 5) is 4.14. The summed E-state index contributed by atoms with van der Waals surface area (Å²) in [6, 6.07) is 0. The summed E-state index contributed by atoms with van der Waals surface area (Å²) >= 11 is 0. The fourth-order valence-corrected chi connectivity index (χ4v) is 3.98. The highest BCUT2D eigenvalue weighted by atomic mass is 19.4. The molecule has 26 heavy (non-hydrogen) atoms. The third-order valence-corrected chi connectivity index (χ3v) is 5.64. The molecule has 0 amide bonds. The van der Waals surface area contributed by atoms with Gasteiger partial charge in [-0.3, -0.25) is 5.32 Å². The molecule has 2 saturated carbocycles. The van der Waals surface area contributed by atoms with Gasteiger partial charge in [0.2, 0.25) is 12.0 Å². The fraction of sp³-hybridized carbons (Fsp3) is 0.562. The number of rotatable bonds is 4. The molecule has 0 aliphatic heterocycles. The Balaban J connectivity index is 1.53. The average Bonchev–Trinajstić information content (AvgIpc) is 3.44. The summed E-state index contributed by atoms with van der Waals surface area (Å²) in [5, 5.41) is 28.7. The minimum atomic E-state index is -4.42. The summed E-state index contributed by atoms with van der Waals surface area (Å²) in [7, 11) is 0. The van der Waals surface area contributed by atoms with E-state index in [4.69, 9.17) is 0 Å². The van der Waals surface area contributed by atoms with E-state index in [1.165, 1.54) is 23.3 Å². The van der Waals surface area contributed by atoms with Crippen molar-refractivity contribution in [1.82, 2.24) is 20.1 Å². The minimum Gasteiger partial charge on any atom is -0.619 e. The van der Waals surface area contributed by atoms with E-state index in [-0.39, 0.29) is 24.5 Å². The van der Waals surface area contributed by atoms with Crippen molar-refractivity contribution in [2.24, 2.45) is 5.92 Å². The van der Waals surface area contributed by atoms with Crippen LogP contribution in [0.15, 0.2) is 18.6 Å². The standard InChI is InChI=1S/C16H16F3N5O2/c17-16(18,19)15(1-2-15)21-14(25)12-10-6-8-5-9(8)13(10)24(22-12)11-7-23(26)4-3-20-11/h3-4,7-9,14,21,25H,1-2,5-6H2/t8-,9?,14?/m0/s1. The molecule has 2 heterocycles. The van der Waals surface area contributed by atoms with E-state index in [2.05, 4.69) is 15.4 Å². The molecule has 10 heteroatoms. The number of alkyl halides is 3. The van der Waals surface area contributed by atoms with E-state index < -0.39 is 17.9 Å². The number of aliphatic hydroxyl groups is 1. The molecule has 138 valence electrons. The number of nitrogens with zero attached hydrogens (tertiary/aromatic N) is 4. The number of fused-ring (bicyclic) bond motifs is 3. The van der Waals surface area contributed by atoms with Crippen LogP contribution in [0.4, 0.5) is 13.2 Å². The number of aromatic nitrogens is 4. The van der Waals surface area contributed by atoms with Crippen LogP contribution >= 0.6 is 0 Å². The Bertz CT molecular complexity index is 892. The monoisotopic (exact) mass is 367 g/mol. The van der Waals surface area contributed by atoms with Gasteiger partial charge in [-0.1, -0.05) is 0 Å². The van der Waals surface area contributed by atoms with Crippen LogP contribution in [0.5, 0.6) is 0 Å². The van der Waals surface area contributed by atoms with Gasteiger partial charge in [0.25, 0.3) is 0 Å². The molecule has 2 fully saturated rings. The van der Waals surface area contributed by atoms with Crippen molar-refractivity contribution in [2.45, 2.75) is 49.5 Å². The van der Waals surface area contributed by atoms with Crippen LogP contribution in [0.1, 0.15) is 48.4 Å². The smallest absolute Gasteiger partial charge is 0.406 e. The van der Waals surface area contributed by atoms with Crippen molar-refractivity contribution >= 4 is 0 Å². The normalized spacial score (nSPS) is 26.3. The number of aliphatic hydroxyl groups excluding tert-OH is 1. The third kappa shape index (κ3) is 2.25. The van der Waals surface area contributed by atoms with Gasteiger partial charge in [0.05, 0.1) is 11.9 Å². The summed E-state index contributed by atoms with van der Waals surface area (Å²) in [5.41, 5.74) is -0.215. The minimum absolute atomic E-state index is 0.0574. The fourth-order valence-electron chi connectivity index (χ4n) is 3.98. The van der Waals surface area contributed by atoms with Crippen molar-refractivity contribution in [3.05, 3.63) is 40.7 Å². The van der Waals surface area contributed by atoms with Crippen LogP contribution in [0.2, 0.25) is 0 Å². The molecule has 2 N–H and O–H groups in total. The zero-order valence-electron chi connectivity index (χ0n) is 13.6. The molecular formula is C16H16F3N5O2. The van der Waals surface area contributed by atoms with Crippen LogP contribution in [0.3, 0.4) is 0 Å². The Labute approximate surface area is 146 Å². The number of hydrogen-bond acceptors (Lipinski definition) is 5. The number of nitrogens with one attached hydrogen (secondary N) is 1. The second-order valence-corrected chi connectivity index (χ2v) is 7.37. The van der Waals surface area contributed by atoms with Crippen molar-refractivity contribution in [3.63, 3.8) is 0 Å². The molecular weight excluding hydrogens is 351 g/mol. The Hall–Kier alpha value is -2.20. The van der Waals surface area contributed by atoms with Gasteiger partial charge in [-0.15, -0.1) is 0 Å². The van der Waals surface area contributed by atoms with Gasteiger partial charge < -0.3 is 10.3 Å². The maximum atomic E-state index is 13.2. The van der Waals surface area contributed by atoms with Gasteiger partial charge in [-0.05, 0) is 31.6 Å². The molecule has 0 bridgehead atoms. The number of halogens is 3. The highest BCUT2D eigenvalue weighted by Crippen LogP contribution is 2.58. The van der Waals surface area contributed by atoms with E-state index in [0.29, 0.717) is 22.9 Å². The van der Waals surface area contributed by atoms with Crippen molar-refractivity contribution in [3.8, 4) is 5.82 Å². The lowest BCUT2D eigenvalue weighted by Gasteiger charge is -2.24. The molecule has 2 aromatic heterocycles. The molecule has 0 spiro atoms. The Kier molecular flexibility index (Phi) is 3.05. The van der Waals surface area contributed by atoms with E-state index in [0.717, 1.165) is 17.7 Å². The maximum absolute atomic E-state index is 13.2. The van der Waals surface area contributed by atoms with Crippen molar-refractivity contribution in [1.29, 1.82) is 0 Å². The molecule has 2 unspecified atom stereocenters. The molecule has 5 rings (SSSR count). The lowest BCUT2D eigenvalue weighted by Crippen LogP contribution is -2.46. The van der Waals surface area contributed by atoms with Crippen LogP contribution in [0.25, 0.3) is 5.82 Å². The first-order valence-corrected chi connectivity index (χ1v) is 8.48. The van der Waals surface area contributed by atoms with Gasteiger partial charge in [-0.25, -0.2) is 9.67 Å². The van der Waals surface area contributed by atoms with Gasteiger partial charge in [-0.2, -0.15) is 23.0 Å². The first-order valence-electron chi connectivity index (χ1n) is 8.48. The summed E-state index contributed by atoms with van der Waals surface area (Å²) in [5.74, 6) is 0.987. The summed E-state index contributed by atoms with van der Waals surface area (Å²) in [6.45, 7) is 0. The predicted octanol–water partition coefficient (Wildman–Crippen LogP) is 1.24. The highest BCUT2D eigenvalue weighted by Gasteiger charge is 2.64. The van der Waals surface area contributed by atoms with Crippen LogP contribution in [-0.2, 0) is 6.42 Å². The van der Waals surface area contributed by atoms with Crippen molar-refractivity contribution in [2.75, 3.05) is 0 Å². The Morgan fingerprint density at radius 2 is 2.19 bits per heavy atom. The summed E-state index contributed by atoms with van der Waals surface area (Å²) < 4.78 is 41.6. The lowest BCUT2D eigenvalue weighted by atomic mass is 10.1. The molecule has 0 saturated heterocycles. The van der Waals surface area contributed by atoms with Gasteiger partial charge in [0.1, 0.15) is 11.2 Å². The van der Waals surface area contributed by atoms with Gasteiger partial charge in [0, 0.05) is 11.5 Å². The van der Waals surface area contributed by atoms with Gasteiger partial charge in [0.15, 0.2) is 12.4 Å². The Morgan fingerprint density at radius 3 is 2.85 bits per heavy atom. The SMILES string of the molecule is [O-][n+]1ccnc(-n2nc(C(O)NC3(C(F)(F)F)CC3)c3c2C2C[C@H]2C3)c1. The quantitative estimate of drug-likeness (QED) is 0.482.